The summed E-state index contributed by atoms with van der Waals surface area (Å²) in [6, 6.07) is 92.8. The number of hydrogen-bond donors (Lipinski definition) is 0. The third kappa shape index (κ3) is 6.69. The van der Waals surface area contributed by atoms with E-state index in [1.165, 1.54) is 10.8 Å². The van der Waals surface area contributed by atoms with Gasteiger partial charge in [-0.25, -0.2) is 0 Å². The number of hydrogen-bond acceptors (Lipinski definition) is 3. The highest BCUT2D eigenvalue weighted by Gasteiger charge is 2.26. The molecular weight excluding hydrogens is 899 g/mol. The van der Waals surface area contributed by atoms with Crippen molar-refractivity contribution in [1.29, 1.82) is 0 Å². The predicted octanol–water partition coefficient (Wildman–Crippen LogP) is 19.8. The SMILES string of the molecule is [2H]c1ccc(N(c2cccc(-c3ccccc3)c2)c2ccc3c(c2)oc2ccc4cc5c6ccc(N(c7ccc([2H])cc7)c7cccc(-c8ccccc8)c7)c7c8cc(-c9ccccc9)ccc8n(c5cc4c23)c67)cc1. The lowest BCUT2D eigenvalue weighted by Crippen LogP contribution is -2.10. The van der Waals surface area contributed by atoms with Crippen LogP contribution in [0.2, 0.25) is 0 Å². The average Bonchev–Trinajstić information content (AvgIpc) is 4.15. The summed E-state index contributed by atoms with van der Waals surface area (Å²) in [5, 5.41) is 9.08. The zero-order valence-electron chi connectivity index (χ0n) is 42.1. The molecule has 0 radical (unpaired) electrons. The van der Waals surface area contributed by atoms with E-state index in [2.05, 4.69) is 233 Å². The molecule has 0 bridgehead atoms. The molecule has 0 saturated heterocycles. The van der Waals surface area contributed by atoms with Crippen LogP contribution >= 0.6 is 0 Å². The molecule has 0 aliphatic carbocycles. The molecule has 15 rings (SSSR count). The van der Waals surface area contributed by atoms with Gasteiger partial charge in [0.2, 0.25) is 0 Å². The van der Waals surface area contributed by atoms with Crippen LogP contribution < -0.4 is 9.80 Å². The Morgan fingerprint density at radius 1 is 0.311 bits per heavy atom. The van der Waals surface area contributed by atoms with Crippen LogP contribution in [0.3, 0.4) is 0 Å². The Morgan fingerprint density at radius 3 is 1.51 bits per heavy atom. The van der Waals surface area contributed by atoms with Gasteiger partial charge >= 0.3 is 0 Å². The van der Waals surface area contributed by atoms with Gasteiger partial charge in [0.15, 0.2) is 0 Å². The van der Waals surface area contributed by atoms with Crippen molar-refractivity contribution in [3.05, 3.63) is 273 Å². The standard InChI is InChI=1S/C70H45N3O/c1-6-18-46(19-7-1)49-24-16-30-55(40-49)71(53-26-12-4-13-27-53)57-34-35-59-67(44-57)74-66-39-33-52-43-61-58-36-38-64(72(54-28-14-5-15-29-54)56-31-17-25-50(41-56)47-20-8-2-9-21-47)69-62-42-51(48-22-10-3-11-23-48)32-37-63(62)73(70(58)69)65(61)45-60(52)68(59)66/h1-45H/i4D,5D. The fraction of sp³-hybridized carbons (Fsp3) is 0. The van der Waals surface area contributed by atoms with Gasteiger partial charge in [0.25, 0.3) is 0 Å². The highest BCUT2D eigenvalue weighted by molar-refractivity contribution is 6.30. The quantitative estimate of drug-likeness (QED) is 0.144. The maximum atomic E-state index is 8.49. The molecule has 4 heteroatoms. The van der Waals surface area contributed by atoms with Gasteiger partial charge in [-0.15, -0.1) is 0 Å². The first-order valence-electron chi connectivity index (χ1n) is 26.1. The maximum absolute atomic E-state index is 8.49. The molecule has 0 aliphatic rings. The number of rotatable bonds is 9. The van der Waals surface area contributed by atoms with E-state index >= 15 is 0 Å². The van der Waals surface area contributed by atoms with Crippen LogP contribution in [0.15, 0.2) is 277 Å². The van der Waals surface area contributed by atoms with Crippen LogP contribution in [0, 0.1) is 0 Å². The minimum atomic E-state index is 0.463. The minimum Gasteiger partial charge on any atom is -0.456 e. The van der Waals surface area contributed by atoms with Crippen LogP contribution in [0.1, 0.15) is 2.74 Å². The molecule has 4 nitrogen and oxygen atoms in total. The second kappa shape index (κ2) is 16.9. The Balaban J connectivity index is 0.953. The number of aromatic nitrogens is 1. The highest BCUT2D eigenvalue weighted by atomic mass is 16.3. The summed E-state index contributed by atoms with van der Waals surface area (Å²) in [7, 11) is 0. The molecule has 0 aliphatic heterocycles. The number of benzene rings is 12. The largest absolute Gasteiger partial charge is 0.456 e. The summed E-state index contributed by atoms with van der Waals surface area (Å²) < 4.78 is 26.1. The van der Waals surface area contributed by atoms with Gasteiger partial charge in [-0.05, 0) is 141 Å². The lowest BCUT2D eigenvalue weighted by atomic mass is 9.98. The summed E-state index contributed by atoms with van der Waals surface area (Å²) in [5.74, 6) is 0. The number of para-hydroxylation sites is 2. The fourth-order valence-corrected chi connectivity index (χ4v) is 11.6. The monoisotopic (exact) mass is 945 g/mol. The van der Waals surface area contributed by atoms with Crippen molar-refractivity contribution in [2.75, 3.05) is 9.80 Å². The fourth-order valence-electron chi connectivity index (χ4n) is 11.6. The Morgan fingerprint density at radius 2 is 0.865 bits per heavy atom. The van der Waals surface area contributed by atoms with Crippen molar-refractivity contribution in [2.24, 2.45) is 0 Å². The Kier molecular flexibility index (Phi) is 9.07. The molecule has 3 aromatic heterocycles. The van der Waals surface area contributed by atoms with E-state index in [0.717, 1.165) is 128 Å². The van der Waals surface area contributed by atoms with Gasteiger partial charge in [-0.2, -0.15) is 0 Å². The molecule has 346 valence electrons. The van der Waals surface area contributed by atoms with Crippen LogP contribution in [0.4, 0.5) is 34.1 Å². The molecule has 3 heterocycles. The van der Waals surface area contributed by atoms with Gasteiger partial charge in [-0.1, -0.05) is 170 Å². The molecule has 0 unspecified atom stereocenters. The second-order valence-electron chi connectivity index (χ2n) is 19.1. The molecule has 74 heavy (non-hydrogen) atoms. The lowest BCUT2D eigenvalue weighted by Gasteiger charge is -2.27. The summed E-state index contributed by atoms with van der Waals surface area (Å²) in [4.78, 5) is 4.61. The summed E-state index contributed by atoms with van der Waals surface area (Å²) in [5.41, 5.74) is 17.9. The van der Waals surface area contributed by atoms with E-state index in [-0.39, 0.29) is 0 Å². The maximum Gasteiger partial charge on any atom is 0.137 e. The second-order valence-corrected chi connectivity index (χ2v) is 19.1. The van der Waals surface area contributed by atoms with Crippen molar-refractivity contribution in [3.63, 3.8) is 0 Å². The van der Waals surface area contributed by atoms with Crippen molar-refractivity contribution < 1.29 is 7.16 Å². The van der Waals surface area contributed by atoms with Crippen LogP contribution in [0.25, 0.3) is 104 Å². The van der Waals surface area contributed by atoms with Gasteiger partial charge in [0, 0.05) is 66.8 Å². The van der Waals surface area contributed by atoms with Gasteiger partial charge in [0.1, 0.15) is 11.2 Å². The zero-order chi connectivity index (χ0) is 50.4. The number of anilines is 6. The lowest BCUT2D eigenvalue weighted by molar-refractivity contribution is 0.669. The van der Waals surface area contributed by atoms with E-state index in [1.54, 1.807) is 0 Å². The molecule has 0 atom stereocenters. The summed E-state index contributed by atoms with van der Waals surface area (Å²) >= 11 is 0. The van der Waals surface area contributed by atoms with Crippen molar-refractivity contribution in [2.45, 2.75) is 0 Å². The van der Waals surface area contributed by atoms with Crippen LogP contribution in [0.5, 0.6) is 0 Å². The van der Waals surface area contributed by atoms with Gasteiger partial charge < -0.3 is 18.6 Å². The van der Waals surface area contributed by atoms with E-state index in [0.29, 0.717) is 12.1 Å². The van der Waals surface area contributed by atoms with Crippen molar-refractivity contribution in [3.8, 4) is 33.4 Å². The van der Waals surface area contributed by atoms with Gasteiger partial charge in [0.05, 0.1) is 25.0 Å². The summed E-state index contributed by atoms with van der Waals surface area (Å²) in [6.07, 6.45) is 0. The molecule has 0 fully saturated rings. The minimum absolute atomic E-state index is 0.463. The van der Waals surface area contributed by atoms with E-state index in [4.69, 9.17) is 7.16 Å². The average molecular weight is 946 g/mol. The van der Waals surface area contributed by atoms with Crippen molar-refractivity contribution >= 4 is 105 Å². The third-order valence-electron chi connectivity index (χ3n) is 14.9. The Hall–Kier alpha value is -9.90. The number of furan rings is 1. The molecule has 0 saturated carbocycles. The molecule has 0 N–H and O–H groups in total. The third-order valence-corrected chi connectivity index (χ3v) is 14.9. The van der Waals surface area contributed by atoms with Crippen LogP contribution in [-0.2, 0) is 0 Å². The molecular formula is C70H45N3O. The predicted molar refractivity (Wildman–Crippen MR) is 312 cm³/mol. The summed E-state index contributed by atoms with van der Waals surface area (Å²) in [6.45, 7) is 0. The smallest absolute Gasteiger partial charge is 0.137 e. The molecule has 0 spiro atoms. The highest BCUT2D eigenvalue weighted by Crippen LogP contribution is 2.50. The first-order chi connectivity index (χ1) is 37.5. The topological polar surface area (TPSA) is 24.0 Å². The zero-order valence-corrected chi connectivity index (χ0v) is 40.1. The van der Waals surface area contributed by atoms with E-state index < -0.39 is 0 Å². The van der Waals surface area contributed by atoms with Crippen molar-refractivity contribution in [1.82, 2.24) is 4.40 Å². The Labute approximate surface area is 430 Å². The van der Waals surface area contributed by atoms with Crippen LogP contribution in [-0.4, -0.2) is 4.40 Å². The Bertz CT molecular complexity index is 4700. The first kappa shape index (κ1) is 39.8. The van der Waals surface area contributed by atoms with E-state index in [9.17, 15) is 0 Å². The van der Waals surface area contributed by atoms with E-state index in [1.807, 2.05) is 42.5 Å². The molecule has 12 aromatic carbocycles. The van der Waals surface area contributed by atoms with Gasteiger partial charge in [-0.3, -0.25) is 0 Å². The number of fused-ring (bicyclic) bond motifs is 11. The molecule has 0 amide bonds. The number of nitrogens with zero attached hydrogens (tertiary/aromatic N) is 3. The molecule has 15 aromatic rings. The first-order valence-corrected chi connectivity index (χ1v) is 25.1. The normalized spacial score (nSPS) is 12.2.